The van der Waals surface area contributed by atoms with Crippen LogP contribution < -0.4 is 18.9 Å². The molecular formula is C50H64F2O10. The summed E-state index contributed by atoms with van der Waals surface area (Å²) in [4.78, 5) is 48.1. The van der Waals surface area contributed by atoms with E-state index in [0.29, 0.717) is 49.1 Å². The summed E-state index contributed by atoms with van der Waals surface area (Å²) in [7, 11) is 0. The average molecular weight is 863 g/mol. The van der Waals surface area contributed by atoms with Gasteiger partial charge in [-0.1, -0.05) is 103 Å². The van der Waals surface area contributed by atoms with Crippen LogP contribution in [0.4, 0.5) is 8.78 Å². The van der Waals surface area contributed by atoms with E-state index in [4.69, 9.17) is 28.4 Å². The number of hydrogen-bond donors (Lipinski definition) is 0. The Kier molecular flexibility index (Phi) is 24.3. The van der Waals surface area contributed by atoms with Gasteiger partial charge < -0.3 is 28.4 Å². The van der Waals surface area contributed by atoms with E-state index in [1.54, 1.807) is 13.8 Å². The van der Waals surface area contributed by atoms with E-state index >= 15 is 0 Å². The highest BCUT2D eigenvalue weighted by atomic mass is 19.1. The molecule has 0 fully saturated rings. The molecule has 10 nitrogen and oxygen atoms in total. The number of esters is 4. The highest BCUT2D eigenvalue weighted by Crippen LogP contribution is 2.24. The van der Waals surface area contributed by atoms with Gasteiger partial charge in [-0.15, -0.1) is 0 Å². The Morgan fingerprint density at radius 1 is 0.419 bits per heavy atom. The van der Waals surface area contributed by atoms with Crippen LogP contribution in [0.3, 0.4) is 0 Å². The van der Waals surface area contributed by atoms with Crippen LogP contribution in [0.2, 0.25) is 0 Å². The fourth-order valence-electron chi connectivity index (χ4n) is 6.24. The van der Waals surface area contributed by atoms with Crippen LogP contribution in [0.1, 0.15) is 150 Å². The molecule has 3 aromatic carbocycles. The van der Waals surface area contributed by atoms with Crippen LogP contribution in [-0.2, 0) is 19.1 Å². The van der Waals surface area contributed by atoms with Crippen LogP contribution in [0, 0.1) is 11.6 Å². The zero-order chi connectivity index (χ0) is 45.0. The summed E-state index contributed by atoms with van der Waals surface area (Å²) >= 11 is 0. The van der Waals surface area contributed by atoms with Crippen molar-refractivity contribution in [3.8, 4) is 23.0 Å². The maximum absolute atomic E-state index is 14.8. The predicted molar refractivity (Wildman–Crippen MR) is 235 cm³/mol. The maximum atomic E-state index is 14.8. The number of hydrogen-bond acceptors (Lipinski definition) is 10. The van der Waals surface area contributed by atoms with E-state index in [9.17, 15) is 28.0 Å². The second-order valence-electron chi connectivity index (χ2n) is 15.4. The second-order valence-corrected chi connectivity index (χ2v) is 15.4. The van der Waals surface area contributed by atoms with E-state index in [0.717, 1.165) is 128 Å². The van der Waals surface area contributed by atoms with E-state index in [-0.39, 0.29) is 34.6 Å². The summed E-state index contributed by atoms with van der Waals surface area (Å²) in [6, 6.07) is 13.5. The first kappa shape index (κ1) is 50.8. The summed E-state index contributed by atoms with van der Waals surface area (Å²) in [5.41, 5.74) is 0.312. The van der Waals surface area contributed by atoms with Crippen LogP contribution >= 0.6 is 0 Å². The minimum absolute atomic E-state index is 0.0938. The zero-order valence-corrected chi connectivity index (χ0v) is 36.6. The first-order valence-corrected chi connectivity index (χ1v) is 22.0. The highest BCUT2D eigenvalue weighted by molar-refractivity contribution is 5.92. The molecule has 0 N–H and O–H groups in total. The Balaban J connectivity index is 1.25. The van der Waals surface area contributed by atoms with E-state index in [1.807, 2.05) is 0 Å². The quantitative estimate of drug-likeness (QED) is 0.0259. The Morgan fingerprint density at radius 3 is 0.984 bits per heavy atom. The lowest BCUT2D eigenvalue weighted by Crippen LogP contribution is -2.12. The number of halogens is 2. The molecule has 0 saturated carbocycles. The van der Waals surface area contributed by atoms with Crippen molar-refractivity contribution in [2.45, 2.75) is 129 Å². The largest absolute Gasteiger partial charge is 0.493 e. The van der Waals surface area contributed by atoms with Crippen molar-refractivity contribution in [3.05, 3.63) is 108 Å². The van der Waals surface area contributed by atoms with Crippen molar-refractivity contribution in [1.82, 2.24) is 0 Å². The Bertz CT molecular complexity index is 1740. The molecule has 0 atom stereocenters. The number of ether oxygens (including phenoxy) is 6. The fraction of sp³-hybridized carbons (Fsp3) is 0.480. The normalized spacial score (nSPS) is 10.8. The molecule has 3 aromatic rings. The lowest BCUT2D eigenvalue weighted by molar-refractivity contribution is -0.139. The van der Waals surface area contributed by atoms with Gasteiger partial charge in [-0.05, 0) is 88.1 Å². The Morgan fingerprint density at radius 2 is 0.694 bits per heavy atom. The van der Waals surface area contributed by atoms with E-state index in [2.05, 4.69) is 13.2 Å². The van der Waals surface area contributed by atoms with Crippen molar-refractivity contribution in [1.29, 1.82) is 0 Å². The summed E-state index contributed by atoms with van der Waals surface area (Å²) in [6.07, 6.45) is 18.6. The minimum Gasteiger partial charge on any atom is -0.493 e. The third kappa shape index (κ3) is 20.8. The van der Waals surface area contributed by atoms with Gasteiger partial charge in [0.1, 0.15) is 34.6 Å². The third-order valence-electron chi connectivity index (χ3n) is 9.84. The molecule has 0 aliphatic carbocycles. The van der Waals surface area contributed by atoms with Gasteiger partial charge in [-0.3, -0.25) is 0 Å². The van der Waals surface area contributed by atoms with Gasteiger partial charge >= 0.3 is 23.9 Å². The molecule has 3 rings (SSSR count). The van der Waals surface area contributed by atoms with Gasteiger partial charge in [-0.2, -0.15) is 0 Å². The molecule has 0 aliphatic heterocycles. The fourth-order valence-corrected chi connectivity index (χ4v) is 6.24. The Labute approximate surface area is 366 Å². The summed E-state index contributed by atoms with van der Waals surface area (Å²) < 4.78 is 61.9. The lowest BCUT2D eigenvalue weighted by Gasteiger charge is -2.10. The molecule has 12 heteroatoms. The Hall–Kier alpha value is -5.52. The molecule has 0 aromatic heterocycles. The molecule has 0 radical (unpaired) electrons. The first-order chi connectivity index (χ1) is 29.9. The van der Waals surface area contributed by atoms with Crippen molar-refractivity contribution in [3.63, 3.8) is 0 Å². The number of rotatable bonds is 32. The van der Waals surface area contributed by atoms with Gasteiger partial charge in [0.25, 0.3) is 0 Å². The van der Waals surface area contributed by atoms with Crippen LogP contribution in [0.5, 0.6) is 23.0 Å². The average Bonchev–Trinajstić information content (AvgIpc) is 3.24. The lowest BCUT2D eigenvalue weighted by atomic mass is 10.1. The van der Waals surface area contributed by atoms with Crippen LogP contribution in [0.25, 0.3) is 0 Å². The van der Waals surface area contributed by atoms with Crippen LogP contribution in [0.15, 0.2) is 85.0 Å². The molecule has 0 saturated heterocycles. The van der Waals surface area contributed by atoms with Crippen LogP contribution in [-0.4, -0.2) is 50.3 Å². The SMILES string of the molecule is C=C(C)C(=O)OCCCCCCCCCCCOc1ccc(C(=O)Oc2ccc(OC(=O)c3ccc(OCCCCCCCCCCCOC(=O)C(=C)C)cc3F)cc2)c(F)c1. The maximum Gasteiger partial charge on any atom is 0.346 e. The molecule has 0 bridgehead atoms. The van der Waals surface area contributed by atoms with E-state index in [1.165, 1.54) is 48.5 Å². The monoisotopic (exact) mass is 862 g/mol. The van der Waals surface area contributed by atoms with E-state index < -0.39 is 23.6 Å². The smallest absolute Gasteiger partial charge is 0.346 e. The number of carbonyl (C=O) groups is 4. The van der Waals surface area contributed by atoms with Crippen molar-refractivity contribution in [2.75, 3.05) is 26.4 Å². The highest BCUT2D eigenvalue weighted by Gasteiger charge is 2.18. The number of benzene rings is 3. The third-order valence-corrected chi connectivity index (χ3v) is 9.84. The second kappa shape index (κ2) is 29.7. The minimum atomic E-state index is -0.908. The molecule has 0 spiro atoms. The van der Waals surface area contributed by atoms with Crippen molar-refractivity contribution < 1.29 is 56.4 Å². The van der Waals surface area contributed by atoms with Gasteiger partial charge in [0.05, 0.1) is 37.6 Å². The van der Waals surface area contributed by atoms with Gasteiger partial charge in [0.15, 0.2) is 0 Å². The standard InChI is InChI=1S/C50H64F2O10/c1-37(2)47(53)59-33-21-17-13-9-5-7-11-15-19-31-57-41-27-29-43(45(51)35-41)49(55)61-39-23-25-40(26-24-39)62-50(56)44-30-28-42(36-46(44)52)58-32-20-16-12-8-6-10-14-18-22-34-60-48(54)38(3)4/h23-30,35-36H,1,3,5-22,31-34H2,2,4H3. The predicted octanol–water partition coefficient (Wildman–Crippen LogP) is 12.4. The molecule has 0 heterocycles. The molecule has 338 valence electrons. The first-order valence-electron chi connectivity index (χ1n) is 22.0. The topological polar surface area (TPSA) is 124 Å². The van der Waals surface area contributed by atoms with Gasteiger partial charge in [-0.25, -0.2) is 28.0 Å². The number of carbonyl (C=O) groups excluding carboxylic acids is 4. The zero-order valence-electron chi connectivity index (χ0n) is 36.6. The summed E-state index contributed by atoms with van der Waals surface area (Å²) in [5.74, 6) is -3.22. The number of unbranched alkanes of at least 4 members (excludes halogenated alkanes) is 16. The summed E-state index contributed by atoms with van der Waals surface area (Å²) in [5, 5.41) is 0. The van der Waals surface area contributed by atoms with Gasteiger partial charge in [0.2, 0.25) is 0 Å². The van der Waals surface area contributed by atoms with Gasteiger partial charge in [0, 0.05) is 23.3 Å². The molecule has 62 heavy (non-hydrogen) atoms. The molecule has 0 unspecified atom stereocenters. The molecular weight excluding hydrogens is 799 g/mol. The van der Waals surface area contributed by atoms with Crippen molar-refractivity contribution in [2.24, 2.45) is 0 Å². The molecule has 0 amide bonds. The summed E-state index contributed by atoms with van der Waals surface area (Å²) in [6.45, 7) is 12.1. The van der Waals surface area contributed by atoms with Crippen molar-refractivity contribution >= 4 is 23.9 Å². The molecule has 0 aliphatic rings.